The quantitative estimate of drug-likeness (QED) is 0.664. The Labute approximate surface area is 179 Å². The van der Waals surface area contributed by atoms with Crippen LogP contribution >= 0.6 is 0 Å². The van der Waals surface area contributed by atoms with E-state index in [9.17, 15) is 0 Å². The van der Waals surface area contributed by atoms with Crippen molar-refractivity contribution in [2.75, 3.05) is 19.6 Å². The van der Waals surface area contributed by atoms with Gasteiger partial charge in [0, 0.05) is 37.2 Å². The first-order chi connectivity index (χ1) is 14.9. The minimum absolute atomic E-state index is 0.574. The van der Waals surface area contributed by atoms with Crippen LogP contribution in [-0.4, -0.2) is 40.1 Å². The number of piperidine rings is 1. The van der Waals surface area contributed by atoms with Crippen LogP contribution < -0.4 is 10.9 Å². The third-order valence-electron chi connectivity index (χ3n) is 6.74. The van der Waals surface area contributed by atoms with E-state index >= 15 is 0 Å². The molecule has 2 fully saturated rings. The SMILES string of the molecule is c1ccc(CC2CNNC2C2CCN(Cc3cccn3-c3ccccn3)CC2)cc1. The van der Waals surface area contributed by atoms with Gasteiger partial charge in [-0.15, -0.1) is 0 Å². The fourth-order valence-electron chi connectivity index (χ4n) is 5.14. The number of hydrazine groups is 1. The molecule has 0 radical (unpaired) electrons. The Bertz CT molecular complexity index is 915. The Morgan fingerprint density at radius 3 is 2.57 bits per heavy atom. The largest absolute Gasteiger partial charge is 0.304 e. The zero-order chi connectivity index (χ0) is 20.2. The van der Waals surface area contributed by atoms with E-state index in [1.165, 1.54) is 24.1 Å². The second-order valence-electron chi connectivity index (χ2n) is 8.67. The van der Waals surface area contributed by atoms with Crippen LogP contribution in [0.5, 0.6) is 0 Å². The fourth-order valence-corrected chi connectivity index (χ4v) is 5.14. The lowest BCUT2D eigenvalue weighted by Crippen LogP contribution is -2.44. The molecule has 4 heterocycles. The lowest BCUT2D eigenvalue weighted by molar-refractivity contribution is 0.142. The van der Waals surface area contributed by atoms with E-state index < -0.39 is 0 Å². The Hall–Kier alpha value is -2.47. The molecule has 0 bridgehead atoms. The maximum Gasteiger partial charge on any atom is 0.136 e. The molecule has 0 saturated carbocycles. The van der Waals surface area contributed by atoms with Gasteiger partial charge in [-0.25, -0.2) is 4.98 Å². The monoisotopic (exact) mass is 401 g/mol. The van der Waals surface area contributed by atoms with Crippen LogP contribution in [0.15, 0.2) is 73.1 Å². The Morgan fingerprint density at radius 2 is 1.77 bits per heavy atom. The van der Waals surface area contributed by atoms with E-state index in [-0.39, 0.29) is 0 Å². The smallest absolute Gasteiger partial charge is 0.136 e. The van der Waals surface area contributed by atoms with E-state index in [0.29, 0.717) is 12.0 Å². The number of nitrogens with zero attached hydrogens (tertiary/aromatic N) is 3. The van der Waals surface area contributed by atoms with E-state index in [1.807, 2.05) is 18.3 Å². The summed E-state index contributed by atoms with van der Waals surface area (Å²) in [5, 5.41) is 0. The average molecular weight is 402 g/mol. The molecule has 30 heavy (non-hydrogen) atoms. The number of hydrogen-bond donors (Lipinski definition) is 2. The minimum Gasteiger partial charge on any atom is -0.304 e. The molecule has 2 N–H and O–H groups in total. The maximum atomic E-state index is 4.51. The highest BCUT2D eigenvalue weighted by Gasteiger charge is 2.35. The van der Waals surface area contributed by atoms with Crippen LogP contribution in [0.2, 0.25) is 0 Å². The third-order valence-corrected chi connectivity index (χ3v) is 6.74. The maximum absolute atomic E-state index is 4.51. The number of benzene rings is 1. The van der Waals surface area contributed by atoms with Crippen molar-refractivity contribution < 1.29 is 0 Å². The lowest BCUT2D eigenvalue weighted by Gasteiger charge is -2.36. The first-order valence-corrected chi connectivity index (χ1v) is 11.2. The number of pyridine rings is 1. The first kappa shape index (κ1) is 19.5. The summed E-state index contributed by atoms with van der Waals surface area (Å²) < 4.78 is 2.21. The highest BCUT2D eigenvalue weighted by atomic mass is 15.4. The normalized spacial score (nSPS) is 23.1. The molecule has 5 nitrogen and oxygen atoms in total. The van der Waals surface area contributed by atoms with E-state index in [4.69, 9.17) is 0 Å². The van der Waals surface area contributed by atoms with Crippen molar-refractivity contribution in [2.45, 2.75) is 31.8 Å². The Kier molecular flexibility index (Phi) is 5.93. The average Bonchev–Trinajstić information content (AvgIpc) is 3.45. The van der Waals surface area contributed by atoms with Crippen molar-refractivity contribution >= 4 is 0 Å². The summed E-state index contributed by atoms with van der Waals surface area (Å²) in [4.78, 5) is 7.11. The standard InChI is InChI=1S/C25H31N5/c1-2-7-20(8-3-1)17-22-18-27-28-25(22)21-11-15-29(16-12-21)19-23-9-6-14-30(23)24-10-4-5-13-26-24/h1-10,13-14,21-22,25,27-28H,11-12,15-19H2. The van der Waals surface area contributed by atoms with Crippen LogP contribution in [0.1, 0.15) is 24.1 Å². The van der Waals surface area contributed by atoms with E-state index in [2.05, 4.69) is 80.0 Å². The van der Waals surface area contributed by atoms with Crippen molar-refractivity contribution in [1.29, 1.82) is 0 Å². The summed E-state index contributed by atoms with van der Waals surface area (Å²) in [6, 6.07) is 21.9. The van der Waals surface area contributed by atoms with Gasteiger partial charge in [0.15, 0.2) is 0 Å². The number of nitrogens with one attached hydrogen (secondary N) is 2. The fraction of sp³-hybridized carbons (Fsp3) is 0.400. The van der Waals surface area contributed by atoms with Gasteiger partial charge < -0.3 is 4.57 Å². The molecule has 2 aliphatic heterocycles. The van der Waals surface area contributed by atoms with Gasteiger partial charge in [0.05, 0.1) is 0 Å². The van der Waals surface area contributed by atoms with Gasteiger partial charge in [0.2, 0.25) is 0 Å². The second kappa shape index (κ2) is 9.13. The molecule has 0 aliphatic carbocycles. The Balaban J connectivity index is 1.18. The molecule has 2 unspecified atom stereocenters. The summed E-state index contributed by atoms with van der Waals surface area (Å²) in [7, 11) is 0. The molecule has 2 aromatic heterocycles. The summed E-state index contributed by atoms with van der Waals surface area (Å²) in [6.07, 6.45) is 7.65. The van der Waals surface area contributed by atoms with Crippen LogP contribution in [0, 0.1) is 11.8 Å². The molecular formula is C25H31N5. The van der Waals surface area contributed by atoms with Gasteiger partial charge in [-0.2, -0.15) is 0 Å². The predicted molar refractivity (Wildman–Crippen MR) is 120 cm³/mol. The van der Waals surface area contributed by atoms with Gasteiger partial charge in [0.1, 0.15) is 5.82 Å². The third kappa shape index (κ3) is 4.33. The topological polar surface area (TPSA) is 45.1 Å². The molecule has 2 saturated heterocycles. The van der Waals surface area contributed by atoms with Crippen molar-refractivity contribution in [3.63, 3.8) is 0 Å². The van der Waals surface area contributed by atoms with Gasteiger partial charge in [-0.3, -0.25) is 15.8 Å². The van der Waals surface area contributed by atoms with Crippen LogP contribution in [0.3, 0.4) is 0 Å². The lowest BCUT2D eigenvalue weighted by atomic mass is 9.81. The highest BCUT2D eigenvalue weighted by molar-refractivity contribution is 5.27. The van der Waals surface area contributed by atoms with E-state index in [0.717, 1.165) is 44.3 Å². The molecule has 5 heteroatoms. The van der Waals surface area contributed by atoms with E-state index in [1.54, 1.807) is 0 Å². The zero-order valence-corrected chi connectivity index (χ0v) is 17.5. The number of rotatable bonds is 6. The van der Waals surface area contributed by atoms with Crippen molar-refractivity contribution in [1.82, 2.24) is 25.3 Å². The molecule has 5 rings (SSSR count). The number of hydrogen-bond acceptors (Lipinski definition) is 4. The van der Waals surface area contributed by atoms with Crippen LogP contribution in [0.25, 0.3) is 5.82 Å². The molecule has 156 valence electrons. The summed E-state index contributed by atoms with van der Waals surface area (Å²) in [5.74, 6) is 2.41. The number of aromatic nitrogens is 2. The molecular weight excluding hydrogens is 370 g/mol. The molecule has 0 amide bonds. The first-order valence-electron chi connectivity index (χ1n) is 11.2. The Morgan fingerprint density at radius 1 is 0.933 bits per heavy atom. The zero-order valence-electron chi connectivity index (χ0n) is 17.5. The minimum atomic E-state index is 0.574. The van der Waals surface area contributed by atoms with Crippen molar-refractivity contribution in [3.8, 4) is 5.82 Å². The second-order valence-corrected chi connectivity index (χ2v) is 8.67. The van der Waals surface area contributed by atoms with Gasteiger partial charge in [-0.05, 0) is 74.0 Å². The van der Waals surface area contributed by atoms with Gasteiger partial charge in [-0.1, -0.05) is 36.4 Å². The molecule has 2 atom stereocenters. The molecule has 1 aromatic carbocycles. The molecule has 0 spiro atoms. The van der Waals surface area contributed by atoms with Gasteiger partial charge >= 0.3 is 0 Å². The van der Waals surface area contributed by atoms with Gasteiger partial charge in [0.25, 0.3) is 0 Å². The van der Waals surface area contributed by atoms with Crippen LogP contribution in [0.4, 0.5) is 0 Å². The summed E-state index contributed by atoms with van der Waals surface area (Å²) in [5.41, 5.74) is 9.81. The molecule has 3 aromatic rings. The van der Waals surface area contributed by atoms with Crippen molar-refractivity contribution in [2.24, 2.45) is 11.8 Å². The number of likely N-dealkylation sites (tertiary alicyclic amines) is 1. The molecule has 2 aliphatic rings. The van der Waals surface area contributed by atoms with Crippen LogP contribution in [-0.2, 0) is 13.0 Å². The summed E-state index contributed by atoms with van der Waals surface area (Å²) in [6.45, 7) is 4.38. The summed E-state index contributed by atoms with van der Waals surface area (Å²) >= 11 is 0. The van der Waals surface area contributed by atoms with Crippen molar-refractivity contribution in [3.05, 3.63) is 84.3 Å². The predicted octanol–water partition coefficient (Wildman–Crippen LogP) is 3.42. The highest BCUT2D eigenvalue weighted by Crippen LogP contribution is 2.29.